The molecule has 1 aromatic heterocycles. The molecule has 2 N–H and O–H groups in total. The Kier molecular flexibility index (Phi) is 3.18. The minimum atomic E-state index is -0.201. The van der Waals surface area contributed by atoms with E-state index in [2.05, 4.69) is 9.88 Å². The summed E-state index contributed by atoms with van der Waals surface area (Å²) >= 11 is 0. The Morgan fingerprint density at radius 2 is 2.05 bits per heavy atom. The molecule has 1 aliphatic heterocycles. The lowest BCUT2D eigenvalue weighted by atomic mass is 10.1. The van der Waals surface area contributed by atoms with E-state index in [9.17, 15) is 4.39 Å². The normalized spacial score (nSPS) is 13.7. The molecule has 0 aliphatic carbocycles. The molecule has 104 valence electrons. The highest BCUT2D eigenvalue weighted by Crippen LogP contribution is 2.37. The van der Waals surface area contributed by atoms with E-state index < -0.39 is 0 Å². The van der Waals surface area contributed by atoms with Crippen molar-refractivity contribution in [3.8, 4) is 0 Å². The van der Waals surface area contributed by atoms with Crippen LogP contribution in [0.5, 0.6) is 0 Å². The van der Waals surface area contributed by atoms with Crippen molar-refractivity contribution in [1.82, 2.24) is 4.98 Å². The first kappa shape index (κ1) is 13.1. The van der Waals surface area contributed by atoms with Crippen LogP contribution in [0.25, 0.3) is 0 Å². The van der Waals surface area contributed by atoms with Crippen LogP contribution in [0, 0.1) is 19.7 Å². The molecule has 0 spiro atoms. The molecular weight excluding hydrogens is 253 g/mol. The number of nitrogens with zero attached hydrogens (tertiary/aromatic N) is 2. The van der Waals surface area contributed by atoms with E-state index in [1.165, 1.54) is 11.6 Å². The summed E-state index contributed by atoms with van der Waals surface area (Å²) in [5.41, 5.74) is 12.0. The summed E-state index contributed by atoms with van der Waals surface area (Å²) in [6.45, 7) is 5.24. The molecule has 0 unspecified atom stereocenters. The zero-order chi connectivity index (χ0) is 14.3. The van der Waals surface area contributed by atoms with E-state index in [4.69, 9.17) is 5.73 Å². The third kappa shape index (κ3) is 2.06. The number of aryl methyl sites for hydroxylation is 2. The fraction of sp³-hybridized carbons (Fsp3) is 0.312. The smallest absolute Gasteiger partial charge is 0.125 e. The van der Waals surface area contributed by atoms with E-state index in [0.717, 1.165) is 41.3 Å². The molecule has 3 rings (SSSR count). The van der Waals surface area contributed by atoms with Gasteiger partial charge in [-0.25, -0.2) is 4.39 Å². The molecule has 3 nitrogen and oxygen atoms in total. The zero-order valence-electron chi connectivity index (χ0n) is 11.8. The largest absolute Gasteiger partial charge is 0.340 e. The van der Waals surface area contributed by atoms with E-state index in [-0.39, 0.29) is 5.82 Å². The molecule has 4 heteroatoms. The van der Waals surface area contributed by atoms with Crippen molar-refractivity contribution in [2.45, 2.75) is 26.8 Å². The molecule has 2 heterocycles. The third-order valence-electron chi connectivity index (χ3n) is 3.87. The van der Waals surface area contributed by atoms with Gasteiger partial charge in [0.25, 0.3) is 0 Å². The Bertz CT molecular complexity index is 667. The Morgan fingerprint density at radius 3 is 2.80 bits per heavy atom. The minimum Gasteiger partial charge on any atom is -0.340 e. The Morgan fingerprint density at radius 1 is 1.25 bits per heavy atom. The van der Waals surface area contributed by atoms with Crippen LogP contribution in [0.1, 0.15) is 22.5 Å². The fourth-order valence-electron chi connectivity index (χ4n) is 2.93. The average molecular weight is 271 g/mol. The van der Waals surface area contributed by atoms with Gasteiger partial charge in [-0.05, 0) is 44.0 Å². The van der Waals surface area contributed by atoms with Crippen molar-refractivity contribution >= 4 is 11.4 Å². The highest BCUT2D eigenvalue weighted by Gasteiger charge is 2.23. The van der Waals surface area contributed by atoms with Crippen LogP contribution in [0.3, 0.4) is 0 Å². The molecule has 0 amide bonds. The number of nitrogens with two attached hydrogens (primary N) is 1. The van der Waals surface area contributed by atoms with Crippen LogP contribution in [0.4, 0.5) is 15.8 Å². The third-order valence-corrected chi connectivity index (χ3v) is 3.87. The molecule has 2 aromatic rings. The summed E-state index contributed by atoms with van der Waals surface area (Å²) in [6.07, 6.45) is 0.931. The Labute approximate surface area is 118 Å². The van der Waals surface area contributed by atoms with E-state index >= 15 is 0 Å². The van der Waals surface area contributed by atoms with Gasteiger partial charge in [-0.2, -0.15) is 0 Å². The number of benzene rings is 1. The molecule has 0 atom stereocenters. The maximum atomic E-state index is 13.5. The maximum absolute atomic E-state index is 13.5. The van der Waals surface area contributed by atoms with Crippen LogP contribution in [-0.2, 0) is 13.0 Å². The summed E-state index contributed by atoms with van der Waals surface area (Å²) in [4.78, 5) is 6.62. The van der Waals surface area contributed by atoms with Gasteiger partial charge in [0.05, 0.1) is 0 Å². The van der Waals surface area contributed by atoms with Crippen molar-refractivity contribution < 1.29 is 4.39 Å². The quantitative estimate of drug-likeness (QED) is 0.913. The number of pyridine rings is 1. The zero-order valence-corrected chi connectivity index (χ0v) is 11.8. The Hall–Kier alpha value is -1.94. The van der Waals surface area contributed by atoms with E-state index in [1.807, 2.05) is 26.0 Å². The van der Waals surface area contributed by atoms with Crippen molar-refractivity contribution in [1.29, 1.82) is 0 Å². The fourth-order valence-corrected chi connectivity index (χ4v) is 2.93. The summed E-state index contributed by atoms with van der Waals surface area (Å²) in [6, 6.07) is 7.03. The number of halogens is 1. The summed E-state index contributed by atoms with van der Waals surface area (Å²) in [7, 11) is 0. The standard InChI is InChI=1S/C16H18FN3/c1-10-7-16(14(9-18)11(2)19-10)20-6-5-12-3-4-13(17)8-15(12)20/h3-4,7-8H,5-6,9,18H2,1-2H3. The number of rotatable bonds is 2. The molecule has 1 aromatic carbocycles. The molecule has 20 heavy (non-hydrogen) atoms. The number of aromatic nitrogens is 1. The highest BCUT2D eigenvalue weighted by atomic mass is 19.1. The molecule has 0 fully saturated rings. The topological polar surface area (TPSA) is 42.1 Å². The van der Waals surface area contributed by atoms with Crippen molar-refractivity contribution in [3.05, 3.63) is 52.6 Å². The number of hydrogen-bond acceptors (Lipinski definition) is 3. The van der Waals surface area contributed by atoms with Gasteiger partial charge in [0.2, 0.25) is 0 Å². The number of fused-ring (bicyclic) bond motifs is 1. The highest BCUT2D eigenvalue weighted by molar-refractivity contribution is 5.72. The first-order valence-electron chi connectivity index (χ1n) is 6.83. The summed E-state index contributed by atoms with van der Waals surface area (Å²) in [5.74, 6) is -0.201. The number of anilines is 2. The van der Waals surface area contributed by atoms with Crippen LogP contribution >= 0.6 is 0 Å². The first-order valence-corrected chi connectivity index (χ1v) is 6.83. The number of hydrogen-bond donors (Lipinski definition) is 1. The maximum Gasteiger partial charge on any atom is 0.125 e. The van der Waals surface area contributed by atoms with Crippen molar-refractivity contribution in [2.24, 2.45) is 5.73 Å². The van der Waals surface area contributed by atoms with E-state index in [0.29, 0.717) is 6.54 Å². The molecule has 0 bridgehead atoms. The second kappa shape index (κ2) is 4.87. The molecule has 0 saturated heterocycles. The van der Waals surface area contributed by atoms with E-state index in [1.54, 1.807) is 6.07 Å². The molecule has 0 saturated carbocycles. The predicted octanol–water partition coefficient (Wildman–Crippen LogP) is 2.99. The monoisotopic (exact) mass is 271 g/mol. The molecule has 0 radical (unpaired) electrons. The summed E-state index contributed by atoms with van der Waals surface area (Å²) < 4.78 is 13.5. The second-order valence-corrected chi connectivity index (χ2v) is 5.23. The van der Waals surface area contributed by atoms with Crippen molar-refractivity contribution in [2.75, 3.05) is 11.4 Å². The Balaban J connectivity index is 2.15. The van der Waals surface area contributed by atoms with Crippen LogP contribution in [0.15, 0.2) is 24.3 Å². The molecule has 1 aliphatic rings. The van der Waals surface area contributed by atoms with Gasteiger partial charge in [0, 0.05) is 41.4 Å². The van der Waals surface area contributed by atoms with Gasteiger partial charge in [0.1, 0.15) is 5.82 Å². The van der Waals surface area contributed by atoms with Gasteiger partial charge in [-0.15, -0.1) is 0 Å². The van der Waals surface area contributed by atoms with Crippen molar-refractivity contribution in [3.63, 3.8) is 0 Å². The van der Waals surface area contributed by atoms with Gasteiger partial charge < -0.3 is 10.6 Å². The predicted molar refractivity (Wildman–Crippen MR) is 78.7 cm³/mol. The van der Waals surface area contributed by atoms with Gasteiger partial charge in [0.15, 0.2) is 0 Å². The lowest BCUT2D eigenvalue weighted by Gasteiger charge is -2.24. The summed E-state index contributed by atoms with van der Waals surface area (Å²) in [5, 5.41) is 0. The van der Waals surface area contributed by atoms with Gasteiger partial charge in [-0.1, -0.05) is 6.07 Å². The SMILES string of the molecule is Cc1cc(N2CCc3ccc(F)cc32)c(CN)c(C)n1. The van der Waals surface area contributed by atoms with Crippen LogP contribution in [-0.4, -0.2) is 11.5 Å². The second-order valence-electron chi connectivity index (χ2n) is 5.23. The minimum absolute atomic E-state index is 0.201. The molecular formula is C16H18FN3. The average Bonchev–Trinajstić information content (AvgIpc) is 2.80. The van der Waals surface area contributed by atoms with Gasteiger partial charge >= 0.3 is 0 Å². The first-order chi connectivity index (χ1) is 9.60. The van der Waals surface area contributed by atoms with Crippen LogP contribution < -0.4 is 10.6 Å². The van der Waals surface area contributed by atoms with Crippen LogP contribution in [0.2, 0.25) is 0 Å². The lowest BCUT2D eigenvalue weighted by Crippen LogP contribution is -2.18. The lowest BCUT2D eigenvalue weighted by molar-refractivity contribution is 0.628. The van der Waals surface area contributed by atoms with Gasteiger partial charge in [-0.3, -0.25) is 4.98 Å².